The van der Waals surface area contributed by atoms with Crippen LogP contribution in [0.25, 0.3) is 0 Å². The zero-order valence-electron chi connectivity index (χ0n) is 9.97. The van der Waals surface area contributed by atoms with E-state index in [0.29, 0.717) is 5.75 Å². The van der Waals surface area contributed by atoms with Gasteiger partial charge in [0.2, 0.25) is 0 Å². The molecular weight excluding hydrogens is 222 g/mol. The van der Waals surface area contributed by atoms with Gasteiger partial charge in [0.1, 0.15) is 11.5 Å². The maximum atomic E-state index is 11.3. The van der Waals surface area contributed by atoms with E-state index in [1.165, 1.54) is 0 Å². The monoisotopic (exact) mass is 239 g/mol. The highest BCUT2D eigenvalue weighted by molar-refractivity contribution is 5.77. The Balaban J connectivity index is 2.36. The molecule has 0 saturated heterocycles. The lowest BCUT2D eigenvalue weighted by molar-refractivity contribution is -0.123. The van der Waals surface area contributed by atoms with Crippen LogP contribution in [0.5, 0.6) is 11.5 Å². The highest BCUT2D eigenvalue weighted by Gasteiger charge is 2.06. The summed E-state index contributed by atoms with van der Waals surface area (Å²) in [4.78, 5) is 11.3. The average molecular weight is 239 g/mol. The van der Waals surface area contributed by atoms with Crippen LogP contribution in [0.3, 0.4) is 0 Å². The molecule has 0 bridgehead atoms. The molecule has 0 spiro atoms. The van der Waals surface area contributed by atoms with Gasteiger partial charge in [-0.15, -0.1) is 0 Å². The average Bonchev–Trinajstić information content (AvgIpc) is 2.36. The molecule has 0 unspecified atom stereocenters. The summed E-state index contributed by atoms with van der Waals surface area (Å²) >= 11 is 0. The van der Waals surface area contributed by atoms with Crippen molar-refractivity contribution in [3.8, 4) is 11.5 Å². The molecular formula is C12H17NO4. The number of benzene rings is 1. The van der Waals surface area contributed by atoms with E-state index in [-0.39, 0.29) is 25.2 Å². The van der Waals surface area contributed by atoms with E-state index in [4.69, 9.17) is 14.6 Å². The van der Waals surface area contributed by atoms with Gasteiger partial charge in [0.15, 0.2) is 6.61 Å². The van der Waals surface area contributed by atoms with Crippen LogP contribution >= 0.6 is 0 Å². The minimum absolute atomic E-state index is 0.0727. The van der Waals surface area contributed by atoms with Crippen LogP contribution in [0.2, 0.25) is 0 Å². The second kappa shape index (κ2) is 6.75. The molecule has 1 aromatic rings. The minimum Gasteiger partial charge on any atom is -0.497 e. The molecule has 1 rings (SSSR count). The van der Waals surface area contributed by atoms with E-state index < -0.39 is 0 Å². The summed E-state index contributed by atoms with van der Waals surface area (Å²) < 4.78 is 10.3. The first-order valence-corrected chi connectivity index (χ1v) is 5.32. The number of aliphatic hydroxyl groups excluding tert-OH is 1. The van der Waals surface area contributed by atoms with Gasteiger partial charge in [-0.1, -0.05) is 0 Å². The van der Waals surface area contributed by atoms with Crippen LogP contribution in [-0.2, 0) is 4.79 Å². The molecule has 0 fully saturated rings. The molecule has 0 saturated carbocycles. The molecule has 0 radical (unpaired) electrons. The van der Waals surface area contributed by atoms with E-state index in [9.17, 15) is 4.79 Å². The number of ether oxygens (including phenoxy) is 2. The van der Waals surface area contributed by atoms with Crippen LogP contribution < -0.4 is 14.8 Å². The van der Waals surface area contributed by atoms with Crippen LogP contribution in [0.1, 0.15) is 6.92 Å². The predicted molar refractivity (Wildman–Crippen MR) is 63.2 cm³/mol. The van der Waals surface area contributed by atoms with E-state index in [1.54, 1.807) is 38.3 Å². The van der Waals surface area contributed by atoms with Crippen molar-refractivity contribution in [2.45, 2.75) is 13.0 Å². The number of rotatable bonds is 6. The Morgan fingerprint density at radius 3 is 2.47 bits per heavy atom. The van der Waals surface area contributed by atoms with Gasteiger partial charge >= 0.3 is 0 Å². The van der Waals surface area contributed by atoms with Crippen molar-refractivity contribution in [1.29, 1.82) is 0 Å². The SMILES string of the molecule is COc1ccc(OCC(=O)N[C@@H](C)CO)cc1. The van der Waals surface area contributed by atoms with Crippen molar-refractivity contribution in [3.05, 3.63) is 24.3 Å². The molecule has 17 heavy (non-hydrogen) atoms. The molecule has 5 nitrogen and oxygen atoms in total. The molecule has 5 heteroatoms. The van der Waals surface area contributed by atoms with Crippen LogP contribution in [0, 0.1) is 0 Å². The third kappa shape index (κ3) is 4.74. The fraction of sp³-hybridized carbons (Fsp3) is 0.417. The Morgan fingerprint density at radius 1 is 1.35 bits per heavy atom. The van der Waals surface area contributed by atoms with Gasteiger partial charge in [-0.25, -0.2) is 0 Å². The second-order valence-electron chi connectivity index (χ2n) is 3.62. The third-order valence-electron chi connectivity index (χ3n) is 2.11. The Morgan fingerprint density at radius 2 is 1.94 bits per heavy atom. The van der Waals surface area contributed by atoms with Crippen LogP contribution in [-0.4, -0.2) is 37.4 Å². The molecule has 0 aliphatic rings. The van der Waals surface area contributed by atoms with Gasteiger partial charge in [-0.2, -0.15) is 0 Å². The quantitative estimate of drug-likeness (QED) is 0.761. The third-order valence-corrected chi connectivity index (χ3v) is 2.11. The summed E-state index contributed by atoms with van der Waals surface area (Å²) in [6.45, 7) is 1.55. The fourth-order valence-electron chi connectivity index (χ4n) is 1.18. The molecule has 1 aromatic carbocycles. The van der Waals surface area contributed by atoms with Crippen molar-refractivity contribution < 1.29 is 19.4 Å². The molecule has 0 aliphatic carbocycles. The van der Waals surface area contributed by atoms with Crippen molar-refractivity contribution in [3.63, 3.8) is 0 Å². The summed E-state index contributed by atoms with van der Waals surface area (Å²) in [7, 11) is 1.58. The smallest absolute Gasteiger partial charge is 0.258 e. The summed E-state index contributed by atoms with van der Waals surface area (Å²) in [6, 6.07) is 6.69. The van der Waals surface area contributed by atoms with Gasteiger partial charge < -0.3 is 19.9 Å². The lowest BCUT2D eigenvalue weighted by Crippen LogP contribution is -2.38. The summed E-state index contributed by atoms with van der Waals surface area (Å²) in [5, 5.41) is 11.3. The summed E-state index contributed by atoms with van der Waals surface area (Å²) in [5.74, 6) is 1.07. The lowest BCUT2D eigenvalue weighted by Gasteiger charge is -2.11. The zero-order valence-corrected chi connectivity index (χ0v) is 9.97. The largest absolute Gasteiger partial charge is 0.497 e. The highest BCUT2D eigenvalue weighted by atomic mass is 16.5. The van der Waals surface area contributed by atoms with E-state index in [2.05, 4.69) is 5.32 Å². The maximum absolute atomic E-state index is 11.3. The second-order valence-corrected chi connectivity index (χ2v) is 3.62. The van der Waals surface area contributed by atoms with Gasteiger partial charge in [0, 0.05) is 6.04 Å². The van der Waals surface area contributed by atoms with Crippen LogP contribution in [0.15, 0.2) is 24.3 Å². The Labute approximate surface area is 100 Å². The highest BCUT2D eigenvalue weighted by Crippen LogP contribution is 2.16. The van der Waals surface area contributed by atoms with E-state index >= 15 is 0 Å². The number of hydrogen-bond donors (Lipinski definition) is 2. The molecule has 0 aromatic heterocycles. The topological polar surface area (TPSA) is 67.8 Å². The van der Waals surface area contributed by atoms with Crippen molar-refractivity contribution >= 4 is 5.91 Å². The number of aliphatic hydroxyl groups is 1. The number of hydrogen-bond acceptors (Lipinski definition) is 4. The molecule has 2 N–H and O–H groups in total. The van der Waals surface area contributed by atoms with E-state index in [1.807, 2.05) is 0 Å². The molecule has 0 heterocycles. The standard InChI is InChI=1S/C12H17NO4/c1-9(7-14)13-12(15)8-17-11-5-3-10(16-2)4-6-11/h3-6,9,14H,7-8H2,1-2H3,(H,13,15)/t9-/m0/s1. The Hall–Kier alpha value is -1.75. The number of nitrogens with one attached hydrogen (secondary N) is 1. The van der Waals surface area contributed by atoms with E-state index in [0.717, 1.165) is 5.75 Å². The maximum Gasteiger partial charge on any atom is 0.258 e. The Bertz CT molecular complexity index is 350. The van der Waals surface area contributed by atoms with Crippen LogP contribution in [0.4, 0.5) is 0 Å². The minimum atomic E-state index is -0.262. The Kier molecular flexibility index (Phi) is 5.29. The van der Waals surface area contributed by atoms with Gasteiger partial charge in [0.05, 0.1) is 13.7 Å². The number of amides is 1. The van der Waals surface area contributed by atoms with Gasteiger partial charge in [-0.3, -0.25) is 4.79 Å². The van der Waals surface area contributed by atoms with Gasteiger partial charge in [-0.05, 0) is 31.2 Å². The van der Waals surface area contributed by atoms with Crippen molar-refractivity contribution in [1.82, 2.24) is 5.32 Å². The predicted octanol–water partition coefficient (Wildman–Crippen LogP) is 0.571. The summed E-state index contributed by atoms with van der Waals surface area (Å²) in [5.41, 5.74) is 0. The first kappa shape index (κ1) is 13.3. The first-order valence-electron chi connectivity index (χ1n) is 5.32. The van der Waals surface area contributed by atoms with Gasteiger partial charge in [0.25, 0.3) is 5.91 Å². The normalized spacial score (nSPS) is 11.7. The molecule has 94 valence electrons. The zero-order chi connectivity index (χ0) is 12.7. The number of carbonyl (C=O) groups is 1. The molecule has 0 aliphatic heterocycles. The lowest BCUT2D eigenvalue weighted by atomic mass is 10.3. The number of methoxy groups -OCH3 is 1. The van der Waals surface area contributed by atoms with Crippen molar-refractivity contribution in [2.75, 3.05) is 20.3 Å². The summed E-state index contributed by atoms with van der Waals surface area (Å²) in [6.07, 6.45) is 0. The molecule has 1 atom stereocenters. The first-order chi connectivity index (χ1) is 8.15. The fourth-order valence-corrected chi connectivity index (χ4v) is 1.18. The number of carbonyl (C=O) groups excluding carboxylic acids is 1. The van der Waals surface area contributed by atoms with Crippen molar-refractivity contribution in [2.24, 2.45) is 0 Å². The molecule has 1 amide bonds.